The third-order valence-electron chi connectivity index (χ3n) is 0.152. The van der Waals surface area contributed by atoms with Crippen molar-refractivity contribution in [3.63, 3.8) is 0 Å². The summed E-state index contributed by atoms with van der Waals surface area (Å²) in [5.74, 6) is 0. The number of hydrogen-bond acceptors (Lipinski definition) is 2. The van der Waals surface area contributed by atoms with Gasteiger partial charge in [-0.2, -0.15) is 0 Å². The van der Waals surface area contributed by atoms with Crippen LogP contribution in [0.25, 0.3) is 0 Å². The summed E-state index contributed by atoms with van der Waals surface area (Å²) in [6.45, 7) is 3.41. The van der Waals surface area contributed by atoms with Gasteiger partial charge in [0.25, 0.3) is 6.47 Å². The van der Waals surface area contributed by atoms with Gasteiger partial charge in [-0.3, -0.25) is 4.79 Å². The molecule has 0 aromatic heterocycles. The van der Waals surface area contributed by atoms with Crippen molar-refractivity contribution in [1.82, 2.24) is 0 Å². The third kappa shape index (κ3) is 9.29. The standard InChI is InChI=1S/C3H4O2.Cu/c1-2-5-3-4;/h2-3H,1H2;. The molecule has 39 valence electrons. The molecule has 0 saturated carbocycles. The smallest absolute Gasteiger partial charge is 0.297 e. The van der Waals surface area contributed by atoms with E-state index in [0.29, 0.717) is 6.47 Å². The zero-order valence-electron chi connectivity index (χ0n) is 2.98. The molecule has 1 radical (unpaired) electrons. The van der Waals surface area contributed by atoms with E-state index in [1.54, 1.807) is 0 Å². The molecule has 0 amide bonds. The summed E-state index contributed by atoms with van der Waals surface area (Å²) in [4.78, 5) is 9.11. The van der Waals surface area contributed by atoms with Crippen LogP contribution in [0.15, 0.2) is 12.8 Å². The van der Waals surface area contributed by atoms with Crippen LogP contribution in [0.5, 0.6) is 0 Å². The molecule has 0 atom stereocenters. The fraction of sp³-hybridized carbons (Fsp3) is 0. The summed E-state index contributed by atoms with van der Waals surface area (Å²) in [5.41, 5.74) is 0. The molecule has 0 rings (SSSR count). The maximum absolute atomic E-state index is 9.11. The van der Waals surface area contributed by atoms with Gasteiger partial charge in [-0.1, -0.05) is 6.58 Å². The fourth-order valence-electron chi connectivity index (χ4n) is 0.0393. The maximum Gasteiger partial charge on any atom is 0.297 e. The second-order valence-corrected chi connectivity index (χ2v) is 0.399. The molecule has 0 aliphatic carbocycles. The zero-order chi connectivity index (χ0) is 4.12. The summed E-state index contributed by atoms with van der Waals surface area (Å²) < 4.78 is 3.92. The Kier molecular flexibility index (Phi) is 13.6. The van der Waals surface area contributed by atoms with Crippen LogP contribution < -0.4 is 0 Å². The van der Waals surface area contributed by atoms with Crippen molar-refractivity contribution in [2.45, 2.75) is 0 Å². The van der Waals surface area contributed by atoms with Crippen LogP contribution in [0.2, 0.25) is 0 Å². The van der Waals surface area contributed by atoms with E-state index in [0.717, 1.165) is 6.26 Å². The van der Waals surface area contributed by atoms with Gasteiger partial charge in [-0.25, -0.2) is 0 Å². The van der Waals surface area contributed by atoms with E-state index in [2.05, 4.69) is 11.3 Å². The summed E-state index contributed by atoms with van der Waals surface area (Å²) in [6.07, 6.45) is 1.06. The molecule has 6 heavy (non-hydrogen) atoms. The summed E-state index contributed by atoms with van der Waals surface area (Å²) in [7, 11) is 0. The van der Waals surface area contributed by atoms with Gasteiger partial charge in [0.2, 0.25) is 0 Å². The average Bonchev–Trinajstić information content (AvgIpc) is 1.41. The first-order chi connectivity index (χ1) is 2.41. The molecular formula is C3H4CuO2. The Balaban J connectivity index is 0. The first-order valence-electron chi connectivity index (χ1n) is 1.12. The number of carbonyl (C=O) groups excluding carboxylic acids is 1. The summed E-state index contributed by atoms with van der Waals surface area (Å²) >= 11 is 0. The number of hydrogen-bond donors (Lipinski definition) is 0. The van der Waals surface area contributed by atoms with Crippen LogP contribution >= 0.6 is 0 Å². The minimum Gasteiger partial charge on any atom is -0.437 e. The first kappa shape index (κ1) is 9.21. The Morgan fingerprint density at radius 3 is 2.17 bits per heavy atom. The zero-order valence-corrected chi connectivity index (χ0v) is 3.92. The molecule has 0 aromatic carbocycles. The fourth-order valence-corrected chi connectivity index (χ4v) is 0.0393. The van der Waals surface area contributed by atoms with Crippen molar-refractivity contribution in [3.8, 4) is 0 Å². The molecule has 0 aliphatic heterocycles. The third-order valence-corrected chi connectivity index (χ3v) is 0.152. The monoisotopic (exact) mass is 135 g/mol. The van der Waals surface area contributed by atoms with Crippen molar-refractivity contribution in [1.29, 1.82) is 0 Å². The molecule has 0 heterocycles. The van der Waals surface area contributed by atoms with Crippen LogP contribution in [0, 0.1) is 0 Å². The second-order valence-electron chi connectivity index (χ2n) is 0.399. The molecule has 0 aromatic rings. The van der Waals surface area contributed by atoms with Crippen LogP contribution in [0.1, 0.15) is 0 Å². The molecule has 0 bridgehead atoms. The Labute approximate surface area is 46.7 Å². The Morgan fingerprint density at radius 2 is 2.17 bits per heavy atom. The molecule has 0 spiro atoms. The Bertz CT molecular complexity index is 38.1. The van der Waals surface area contributed by atoms with Gasteiger partial charge < -0.3 is 4.74 Å². The van der Waals surface area contributed by atoms with Gasteiger partial charge in [-0.05, 0) is 0 Å². The first-order valence-corrected chi connectivity index (χ1v) is 1.12. The van der Waals surface area contributed by atoms with Gasteiger partial charge in [0.15, 0.2) is 0 Å². The van der Waals surface area contributed by atoms with E-state index in [9.17, 15) is 0 Å². The van der Waals surface area contributed by atoms with Gasteiger partial charge >= 0.3 is 0 Å². The van der Waals surface area contributed by atoms with E-state index in [4.69, 9.17) is 4.79 Å². The maximum atomic E-state index is 9.11. The largest absolute Gasteiger partial charge is 0.437 e. The van der Waals surface area contributed by atoms with Gasteiger partial charge in [-0.15, -0.1) is 0 Å². The van der Waals surface area contributed by atoms with Crippen LogP contribution in [-0.4, -0.2) is 6.47 Å². The van der Waals surface area contributed by atoms with Crippen molar-refractivity contribution < 1.29 is 26.6 Å². The predicted molar refractivity (Wildman–Crippen MR) is 17.3 cm³/mol. The second kappa shape index (κ2) is 8.83. The Morgan fingerprint density at radius 1 is 1.67 bits per heavy atom. The molecule has 2 nitrogen and oxygen atoms in total. The van der Waals surface area contributed by atoms with Crippen molar-refractivity contribution >= 4 is 6.47 Å². The normalized spacial score (nSPS) is 4.67. The summed E-state index contributed by atoms with van der Waals surface area (Å²) in [5, 5.41) is 0. The van der Waals surface area contributed by atoms with E-state index >= 15 is 0 Å². The van der Waals surface area contributed by atoms with E-state index in [1.807, 2.05) is 0 Å². The van der Waals surface area contributed by atoms with Crippen molar-refractivity contribution in [2.24, 2.45) is 0 Å². The average molecular weight is 136 g/mol. The van der Waals surface area contributed by atoms with Crippen molar-refractivity contribution in [2.75, 3.05) is 0 Å². The molecule has 0 aliphatic rings. The van der Waals surface area contributed by atoms with Gasteiger partial charge in [0, 0.05) is 17.1 Å². The van der Waals surface area contributed by atoms with Crippen LogP contribution in [0.4, 0.5) is 0 Å². The Hall–Kier alpha value is -0.271. The number of rotatable bonds is 2. The van der Waals surface area contributed by atoms with Crippen molar-refractivity contribution in [3.05, 3.63) is 12.8 Å². The van der Waals surface area contributed by atoms with Crippen LogP contribution in [-0.2, 0) is 26.6 Å². The van der Waals surface area contributed by atoms with Gasteiger partial charge in [0.1, 0.15) is 0 Å². The topological polar surface area (TPSA) is 26.3 Å². The SMILES string of the molecule is C=COC=O.[Cu]. The summed E-state index contributed by atoms with van der Waals surface area (Å²) in [6, 6.07) is 0. The molecule has 0 saturated heterocycles. The van der Waals surface area contributed by atoms with E-state index < -0.39 is 0 Å². The minimum atomic E-state index is 0. The number of carbonyl (C=O) groups is 1. The van der Waals surface area contributed by atoms with Crippen LogP contribution in [0.3, 0.4) is 0 Å². The van der Waals surface area contributed by atoms with Gasteiger partial charge in [0.05, 0.1) is 6.26 Å². The molecule has 3 heteroatoms. The van der Waals surface area contributed by atoms with E-state index in [-0.39, 0.29) is 17.1 Å². The van der Waals surface area contributed by atoms with E-state index in [1.165, 1.54) is 0 Å². The molecule has 0 unspecified atom stereocenters. The molecular weight excluding hydrogens is 132 g/mol. The molecule has 0 N–H and O–H groups in total. The quantitative estimate of drug-likeness (QED) is 0.309. The molecule has 0 fully saturated rings. The predicted octanol–water partition coefficient (Wildman–Crippen LogP) is 0.300. The number of ether oxygens (including phenoxy) is 1. The minimum absolute atomic E-state index is 0.